The van der Waals surface area contributed by atoms with Gasteiger partial charge < -0.3 is 10.6 Å². The molecule has 0 amide bonds. The van der Waals surface area contributed by atoms with E-state index in [1.165, 1.54) is 5.56 Å². The largest absolute Gasteiger partial charge is 0.365 e. The maximum Gasteiger partial charge on any atom is 0.229 e. The summed E-state index contributed by atoms with van der Waals surface area (Å²) in [6, 6.07) is 10.3. The summed E-state index contributed by atoms with van der Waals surface area (Å²) in [5.41, 5.74) is 2.42. The highest BCUT2D eigenvalue weighted by atomic mass is 15.1. The van der Waals surface area contributed by atoms with Gasteiger partial charge in [-0.05, 0) is 49.9 Å². The van der Waals surface area contributed by atoms with Crippen LogP contribution >= 0.6 is 0 Å². The standard InChI is InChI=1S/C18H26N4/c1-17(2,3)13-7-9-14(10-8-13)20-16-19-12-11-15(21-16)22-18(4,5)6/h7-12H,1-6H3,(H2,19,20,21,22). The van der Waals surface area contributed by atoms with Crippen molar-refractivity contribution in [1.29, 1.82) is 0 Å². The highest BCUT2D eigenvalue weighted by Crippen LogP contribution is 2.24. The zero-order chi connectivity index (χ0) is 16.4. The first-order chi connectivity index (χ1) is 10.1. The lowest BCUT2D eigenvalue weighted by Gasteiger charge is -2.21. The highest BCUT2D eigenvalue weighted by molar-refractivity contribution is 5.55. The van der Waals surface area contributed by atoms with E-state index in [9.17, 15) is 0 Å². The van der Waals surface area contributed by atoms with Gasteiger partial charge in [0.05, 0.1) is 0 Å². The summed E-state index contributed by atoms with van der Waals surface area (Å²) < 4.78 is 0. The van der Waals surface area contributed by atoms with Crippen molar-refractivity contribution in [2.75, 3.05) is 10.6 Å². The Morgan fingerprint density at radius 1 is 0.864 bits per heavy atom. The van der Waals surface area contributed by atoms with Crippen molar-refractivity contribution in [3.63, 3.8) is 0 Å². The molecule has 0 spiro atoms. The molecule has 1 aromatic carbocycles. The monoisotopic (exact) mass is 298 g/mol. The molecule has 0 unspecified atom stereocenters. The average molecular weight is 298 g/mol. The molecule has 118 valence electrons. The number of rotatable bonds is 3. The summed E-state index contributed by atoms with van der Waals surface area (Å²) in [7, 11) is 0. The molecule has 22 heavy (non-hydrogen) atoms. The van der Waals surface area contributed by atoms with Crippen LogP contribution in [0.4, 0.5) is 17.5 Å². The minimum atomic E-state index is -0.0278. The molecular weight excluding hydrogens is 272 g/mol. The number of hydrogen-bond acceptors (Lipinski definition) is 4. The topological polar surface area (TPSA) is 49.8 Å². The van der Waals surface area contributed by atoms with Crippen molar-refractivity contribution >= 4 is 17.5 Å². The Bertz CT molecular complexity index is 619. The molecule has 0 saturated carbocycles. The Kier molecular flexibility index (Phi) is 4.40. The van der Waals surface area contributed by atoms with E-state index in [4.69, 9.17) is 0 Å². The fourth-order valence-electron chi connectivity index (χ4n) is 2.06. The Morgan fingerprint density at radius 3 is 2.05 bits per heavy atom. The van der Waals surface area contributed by atoms with Gasteiger partial charge in [0.1, 0.15) is 5.82 Å². The maximum atomic E-state index is 4.49. The first kappa shape index (κ1) is 16.3. The van der Waals surface area contributed by atoms with Gasteiger partial charge >= 0.3 is 0 Å². The third kappa shape index (κ3) is 4.72. The molecule has 0 atom stereocenters. The summed E-state index contributed by atoms with van der Waals surface area (Å²) in [6.45, 7) is 12.9. The zero-order valence-corrected chi connectivity index (χ0v) is 14.4. The molecule has 1 heterocycles. The van der Waals surface area contributed by atoms with E-state index in [0.29, 0.717) is 5.95 Å². The summed E-state index contributed by atoms with van der Waals surface area (Å²) in [5.74, 6) is 1.41. The number of nitrogens with zero attached hydrogens (tertiary/aromatic N) is 2. The average Bonchev–Trinajstić information content (AvgIpc) is 2.36. The van der Waals surface area contributed by atoms with Crippen molar-refractivity contribution in [2.24, 2.45) is 0 Å². The van der Waals surface area contributed by atoms with Crippen LogP contribution in [0.1, 0.15) is 47.1 Å². The van der Waals surface area contributed by atoms with Gasteiger partial charge in [0.15, 0.2) is 0 Å². The van der Waals surface area contributed by atoms with Crippen molar-refractivity contribution in [3.8, 4) is 0 Å². The number of hydrogen-bond donors (Lipinski definition) is 2. The summed E-state index contributed by atoms with van der Waals surface area (Å²) in [6.07, 6.45) is 1.76. The first-order valence-electron chi connectivity index (χ1n) is 7.62. The van der Waals surface area contributed by atoms with E-state index < -0.39 is 0 Å². The molecule has 0 aliphatic heterocycles. The molecule has 0 aliphatic carbocycles. The van der Waals surface area contributed by atoms with Gasteiger partial charge in [-0.2, -0.15) is 4.98 Å². The van der Waals surface area contributed by atoms with Crippen molar-refractivity contribution < 1.29 is 0 Å². The second kappa shape index (κ2) is 5.95. The van der Waals surface area contributed by atoms with E-state index in [1.54, 1.807) is 6.20 Å². The number of benzene rings is 1. The molecule has 4 heteroatoms. The molecule has 2 aromatic rings. The predicted molar refractivity (Wildman–Crippen MR) is 93.8 cm³/mol. The molecule has 0 aliphatic rings. The molecule has 0 radical (unpaired) electrons. The van der Waals surface area contributed by atoms with Crippen molar-refractivity contribution in [1.82, 2.24) is 9.97 Å². The SMILES string of the molecule is CC(C)(C)Nc1ccnc(Nc2ccc(C(C)(C)C)cc2)n1. The quantitative estimate of drug-likeness (QED) is 0.860. The Hall–Kier alpha value is -2.10. The Labute approximate surface area is 133 Å². The minimum Gasteiger partial charge on any atom is -0.365 e. The molecule has 1 aromatic heterocycles. The van der Waals surface area contributed by atoms with Crippen LogP contribution < -0.4 is 10.6 Å². The van der Waals surface area contributed by atoms with E-state index in [-0.39, 0.29) is 11.0 Å². The molecular formula is C18H26N4. The van der Waals surface area contributed by atoms with E-state index in [1.807, 2.05) is 6.07 Å². The summed E-state index contributed by atoms with van der Waals surface area (Å²) in [4.78, 5) is 8.76. The number of anilines is 3. The lowest BCUT2D eigenvalue weighted by atomic mass is 9.87. The lowest BCUT2D eigenvalue weighted by Crippen LogP contribution is -2.26. The van der Waals surface area contributed by atoms with Crippen LogP contribution in [0.2, 0.25) is 0 Å². The van der Waals surface area contributed by atoms with E-state index in [0.717, 1.165) is 11.5 Å². The molecule has 4 nitrogen and oxygen atoms in total. The van der Waals surface area contributed by atoms with Crippen molar-refractivity contribution in [2.45, 2.75) is 52.5 Å². The highest BCUT2D eigenvalue weighted by Gasteiger charge is 2.13. The Balaban J connectivity index is 2.12. The number of aromatic nitrogens is 2. The van der Waals surface area contributed by atoms with Crippen LogP contribution in [0.15, 0.2) is 36.5 Å². The van der Waals surface area contributed by atoms with E-state index in [2.05, 4.69) is 86.4 Å². The molecule has 0 saturated heterocycles. The van der Waals surface area contributed by atoms with Gasteiger partial charge in [-0.15, -0.1) is 0 Å². The normalized spacial score (nSPS) is 12.1. The molecule has 2 N–H and O–H groups in total. The van der Waals surface area contributed by atoms with Gasteiger partial charge in [0.25, 0.3) is 0 Å². The van der Waals surface area contributed by atoms with Crippen LogP contribution in [-0.4, -0.2) is 15.5 Å². The Morgan fingerprint density at radius 2 is 1.50 bits per heavy atom. The second-order valence-corrected chi connectivity index (χ2v) is 7.59. The van der Waals surface area contributed by atoms with Crippen LogP contribution in [0.5, 0.6) is 0 Å². The summed E-state index contributed by atoms with van der Waals surface area (Å²) in [5, 5.41) is 6.59. The number of nitrogens with one attached hydrogen (secondary N) is 2. The first-order valence-corrected chi connectivity index (χ1v) is 7.62. The predicted octanol–water partition coefficient (Wildman–Crippen LogP) is 4.73. The van der Waals surface area contributed by atoms with Crippen LogP contribution in [0.3, 0.4) is 0 Å². The van der Waals surface area contributed by atoms with Gasteiger partial charge in [-0.1, -0.05) is 32.9 Å². The van der Waals surface area contributed by atoms with E-state index >= 15 is 0 Å². The fraction of sp³-hybridized carbons (Fsp3) is 0.444. The minimum absolute atomic E-state index is 0.0278. The van der Waals surface area contributed by atoms with Crippen LogP contribution in [0, 0.1) is 0 Å². The zero-order valence-electron chi connectivity index (χ0n) is 14.4. The third-order valence-corrected chi connectivity index (χ3v) is 3.17. The van der Waals surface area contributed by atoms with Crippen LogP contribution in [0.25, 0.3) is 0 Å². The maximum absolute atomic E-state index is 4.49. The lowest BCUT2D eigenvalue weighted by molar-refractivity contribution is 0.590. The molecule has 0 fully saturated rings. The second-order valence-electron chi connectivity index (χ2n) is 7.59. The van der Waals surface area contributed by atoms with Gasteiger partial charge in [-0.25, -0.2) is 4.98 Å². The smallest absolute Gasteiger partial charge is 0.229 e. The van der Waals surface area contributed by atoms with Crippen molar-refractivity contribution in [3.05, 3.63) is 42.1 Å². The van der Waals surface area contributed by atoms with Gasteiger partial charge in [0, 0.05) is 17.4 Å². The third-order valence-electron chi connectivity index (χ3n) is 3.17. The van der Waals surface area contributed by atoms with Gasteiger partial charge in [-0.3, -0.25) is 0 Å². The molecule has 2 rings (SSSR count). The van der Waals surface area contributed by atoms with Gasteiger partial charge in [0.2, 0.25) is 5.95 Å². The summed E-state index contributed by atoms with van der Waals surface area (Å²) >= 11 is 0. The fourth-order valence-corrected chi connectivity index (χ4v) is 2.06. The molecule has 0 bridgehead atoms. The van der Waals surface area contributed by atoms with Crippen LogP contribution in [-0.2, 0) is 5.41 Å².